The fourth-order valence-electron chi connectivity index (χ4n) is 2.36. The molecule has 0 saturated carbocycles. The van der Waals surface area contributed by atoms with Gasteiger partial charge in [0, 0.05) is 18.3 Å². The zero-order chi connectivity index (χ0) is 18.8. The summed E-state index contributed by atoms with van der Waals surface area (Å²) in [5.74, 6) is 1.92. The molecule has 2 rings (SSSR count). The Morgan fingerprint density at radius 3 is 2.50 bits per heavy atom. The van der Waals surface area contributed by atoms with Crippen molar-refractivity contribution >= 4 is 11.6 Å². The van der Waals surface area contributed by atoms with Crippen LogP contribution in [0.3, 0.4) is 0 Å². The van der Waals surface area contributed by atoms with Gasteiger partial charge in [-0.1, -0.05) is 37.3 Å². The lowest BCUT2D eigenvalue weighted by Gasteiger charge is -2.12. The van der Waals surface area contributed by atoms with Gasteiger partial charge in [0.1, 0.15) is 0 Å². The molecule has 6 heteroatoms. The standard InChI is InChI=1S/C20H27N3O3/c1-15(13-26-14-16-7-5-4-6-8-16)12-22-20(21)23-17-9-10-18(24-2)19(11-17)25-3/h4-11,15H,12-14H2,1-3H3,(H3,21,22,23). The summed E-state index contributed by atoms with van der Waals surface area (Å²) in [7, 11) is 3.19. The maximum Gasteiger partial charge on any atom is 0.193 e. The summed E-state index contributed by atoms with van der Waals surface area (Å²) in [4.78, 5) is 4.37. The molecule has 0 aromatic heterocycles. The van der Waals surface area contributed by atoms with E-state index in [0.717, 1.165) is 11.3 Å². The van der Waals surface area contributed by atoms with Crippen molar-refractivity contribution in [3.8, 4) is 11.5 Å². The van der Waals surface area contributed by atoms with Crippen LogP contribution in [0, 0.1) is 5.92 Å². The lowest BCUT2D eigenvalue weighted by atomic mass is 10.2. The van der Waals surface area contributed by atoms with E-state index in [9.17, 15) is 0 Å². The van der Waals surface area contributed by atoms with Gasteiger partial charge in [0.2, 0.25) is 0 Å². The zero-order valence-electron chi connectivity index (χ0n) is 15.6. The average Bonchev–Trinajstić information content (AvgIpc) is 2.67. The first-order chi connectivity index (χ1) is 12.6. The van der Waals surface area contributed by atoms with Crippen LogP contribution in [0.2, 0.25) is 0 Å². The number of nitrogens with one attached hydrogen (secondary N) is 1. The average molecular weight is 357 g/mol. The van der Waals surface area contributed by atoms with Gasteiger partial charge in [0.05, 0.1) is 27.4 Å². The molecule has 6 nitrogen and oxygen atoms in total. The van der Waals surface area contributed by atoms with Crippen LogP contribution < -0.4 is 20.5 Å². The van der Waals surface area contributed by atoms with Gasteiger partial charge >= 0.3 is 0 Å². The lowest BCUT2D eigenvalue weighted by Crippen LogP contribution is -2.24. The van der Waals surface area contributed by atoms with Crippen molar-refractivity contribution in [2.75, 3.05) is 32.7 Å². The van der Waals surface area contributed by atoms with Crippen molar-refractivity contribution < 1.29 is 14.2 Å². The fraction of sp³-hybridized carbons (Fsp3) is 0.350. The van der Waals surface area contributed by atoms with Crippen molar-refractivity contribution in [1.82, 2.24) is 0 Å². The van der Waals surface area contributed by atoms with Crippen LogP contribution in [-0.2, 0) is 11.3 Å². The molecule has 2 aromatic rings. The van der Waals surface area contributed by atoms with Gasteiger partial charge < -0.3 is 25.3 Å². The number of nitrogens with two attached hydrogens (primary N) is 1. The van der Waals surface area contributed by atoms with E-state index < -0.39 is 0 Å². The van der Waals surface area contributed by atoms with Crippen LogP contribution >= 0.6 is 0 Å². The second-order valence-corrected chi connectivity index (χ2v) is 6.03. The van der Waals surface area contributed by atoms with E-state index in [4.69, 9.17) is 19.9 Å². The largest absolute Gasteiger partial charge is 0.493 e. The van der Waals surface area contributed by atoms with Gasteiger partial charge in [0.25, 0.3) is 0 Å². The Bertz CT molecular complexity index is 705. The Balaban J connectivity index is 1.78. The number of hydrogen-bond acceptors (Lipinski definition) is 4. The Morgan fingerprint density at radius 2 is 1.81 bits per heavy atom. The summed E-state index contributed by atoms with van der Waals surface area (Å²) in [5.41, 5.74) is 7.92. The molecule has 1 unspecified atom stereocenters. The molecule has 0 bridgehead atoms. The number of guanidine groups is 1. The quantitative estimate of drug-likeness (QED) is 0.532. The Hall–Kier alpha value is -2.73. The van der Waals surface area contributed by atoms with Gasteiger partial charge in [-0.3, -0.25) is 4.99 Å². The summed E-state index contributed by atoms with van der Waals surface area (Å²) in [6, 6.07) is 15.6. The molecule has 1 atom stereocenters. The van der Waals surface area contributed by atoms with E-state index in [1.54, 1.807) is 14.2 Å². The second kappa shape index (κ2) is 10.3. The Labute approximate surface area is 155 Å². The van der Waals surface area contributed by atoms with Crippen molar-refractivity contribution in [2.24, 2.45) is 16.6 Å². The van der Waals surface area contributed by atoms with E-state index in [1.165, 1.54) is 0 Å². The predicted molar refractivity (Wildman–Crippen MR) is 105 cm³/mol. The van der Waals surface area contributed by atoms with E-state index in [-0.39, 0.29) is 5.92 Å². The zero-order valence-corrected chi connectivity index (χ0v) is 15.6. The first-order valence-corrected chi connectivity index (χ1v) is 8.53. The molecular weight excluding hydrogens is 330 g/mol. The first-order valence-electron chi connectivity index (χ1n) is 8.53. The highest BCUT2D eigenvalue weighted by Gasteiger charge is 2.06. The van der Waals surface area contributed by atoms with Crippen LogP contribution in [0.1, 0.15) is 12.5 Å². The normalized spacial score (nSPS) is 12.5. The molecule has 2 aromatic carbocycles. The molecule has 0 aliphatic heterocycles. The number of nitrogens with zero attached hydrogens (tertiary/aromatic N) is 1. The van der Waals surface area contributed by atoms with Crippen molar-refractivity contribution in [3.05, 3.63) is 54.1 Å². The number of anilines is 1. The molecule has 140 valence electrons. The number of benzene rings is 2. The number of rotatable bonds is 9. The summed E-state index contributed by atoms with van der Waals surface area (Å²) in [6.45, 7) is 3.90. The minimum atomic E-state index is 0.268. The second-order valence-electron chi connectivity index (χ2n) is 6.03. The summed E-state index contributed by atoms with van der Waals surface area (Å²) < 4.78 is 16.2. The molecule has 0 heterocycles. The van der Waals surface area contributed by atoms with Crippen LogP contribution in [0.4, 0.5) is 5.69 Å². The Kier molecular flexibility index (Phi) is 7.76. The number of aliphatic imine (C=N–C) groups is 1. The van der Waals surface area contributed by atoms with Gasteiger partial charge in [-0.15, -0.1) is 0 Å². The SMILES string of the molecule is COc1ccc(NC(N)=NCC(C)COCc2ccccc2)cc1OC. The van der Waals surface area contributed by atoms with Crippen LogP contribution in [-0.4, -0.2) is 33.3 Å². The minimum absolute atomic E-state index is 0.268. The van der Waals surface area contributed by atoms with Gasteiger partial charge in [0.15, 0.2) is 17.5 Å². The van der Waals surface area contributed by atoms with Gasteiger partial charge in [-0.05, 0) is 23.6 Å². The van der Waals surface area contributed by atoms with E-state index in [1.807, 2.05) is 48.5 Å². The van der Waals surface area contributed by atoms with Crippen LogP contribution in [0.15, 0.2) is 53.5 Å². The van der Waals surface area contributed by atoms with Crippen molar-refractivity contribution in [3.63, 3.8) is 0 Å². The minimum Gasteiger partial charge on any atom is -0.493 e. The highest BCUT2D eigenvalue weighted by molar-refractivity contribution is 5.92. The molecule has 3 N–H and O–H groups in total. The van der Waals surface area contributed by atoms with E-state index >= 15 is 0 Å². The predicted octanol–water partition coefficient (Wildman–Crippen LogP) is 3.28. The summed E-state index contributed by atoms with van der Waals surface area (Å²) >= 11 is 0. The van der Waals surface area contributed by atoms with Gasteiger partial charge in [-0.2, -0.15) is 0 Å². The molecule has 0 fully saturated rings. The van der Waals surface area contributed by atoms with Crippen LogP contribution in [0.5, 0.6) is 11.5 Å². The number of hydrogen-bond donors (Lipinski definition) is 2. The molecule has 26 heavy (non-hydrogen) atoms. The molecule has 0 saturated heterocycles. The number of methoxy groups -OCH3 is 2. The molecule has 0 aliphatic rings. The molecule has 0 spiro atoms. The molecule has 0 aliphatic carbocycles. The van der Waals surface area contributed by atoms with Crippen molar-refractivity contribution in [1.29, 1.82) is 0 Å². The maximum absolute atomic E-state index is 5.96. The third kappa shape index (κ3) is 6.29. The fourth-order valence-corrected chi connectivity index (χ4v) is 2.36. The molecule has 0 amide bonds. The maximum atomic E-state index is 5.96. The third-order valence-electron chi connectivity index (χ3n) is 3.74. The van der Waals surface area contributed by atoms with Gasteiger partial charge in [-0.25, -0.2) is 0 Å². The van der Waals surface area contributed by atoms with Crippen molar-refractivity contribution in [2.45, 2.75) is 13.5 Å². The summed E-state index contributed by atoms with van der Waals surface area (Å²) in [5, 5.41) is 3.06. The smallest absolute Gasteiger partial charge is 0.193 e. The Morgan fingerprint density at radius 1 is 1.08 bits per heavy atom. The van der Waals surface area contributed by atoms with Crippen LogP contribution in [0.25, 0.3) is 0 Å². The number of ether oxygens (including phenoxy) is 3. The van der Waals surface area contributed by atoms with E-state index in [2.05, 4.69) is 17.2 Å². The first kappa shape index (κ1) is 19.6. The summed E-state index contributed by atoms with van der Waals surface area (Å²) in [6.07, 6.45) is 0. The van der Waals surface area contributed by atoms with E-state index in [0.29, 0.717) is 37.2 Å². The molecule has 0 radical (unpaired) electrons. The highest BCUT2D eigenvalue weighted by Crippen LogP contribution is 2.29. The molecular formula is C20H27N3O3. The monoisotopic (exact) mass is 357 g/mol. The topological polar surface area (TPSA) is 78.1 Å². The highest BCUT2D eigenvalue weighted by atomic mass is 16.5. The third-order valence-corrected chi connectivity index (χ3v) is 3.74. The lowest BCUT2D eigenvalue weighted by molar-refractivity contribution is 0.0945.